The van der Waals surface area contributed by atoms with Crippen LogP contribution in [0, 0.1) is 0 Å². The van der Waals surface area contributed by atoms with Crippen molar-refractivity contribution in [2.45, 2.75) is 115 Å². The minimum atomic E-state index is -6.69. The van der Waals surface area contributed by atoms with Gasteiger partial charge in [-0.05, 0) is 0 Å². The summed E-state index contributed by atoms with van der Waals surface area (Å²) in [6.45, 7) is 6.36. The predicted octanol–water partition coefficient (Wildman–Crippen LogP) is 7.98. The molecule has 0 rings (SSSR count). The van der Waals surface area contributed by atoms with Gasteiger partial charge >= 0.3 is 194 Å². The maximum absolute atomic E-state index is 14.2. The Bertz CT molecular complexity index is 751. The van der Waals surface area contributed by atoms with E-state index in [0.717, 1.165) is 6.42 Å². The van der Waals surface area contributed by atoms with Crippen molar-refractivity contribution in [3.63, 3.8) is 0 Å². The zero-order valence-electron chi connectivity index (χ0n) is 19.9. The summed E-state index contributed by atoms with van der Waals surface area (Å²) in [6.07, 6.45) is -1.23. The van der Waals surface area contributed by atoms with E-state index in [4.69, 9.17) is 0 Å². The maximum atomic E-state index is 14.2. The molecule has 0 radical (unpaired) electrons. The van der Waals surface area contributed by atoms with Crippen molar-refractivity contribution in [2.75, 3.05) is 12.3 Å². The van der Waals surface area contributed by atoms with Crippen LogP contribution < -0.4 is 0 Å². The molecule has 0 aliphatic rings. The van der Waals surface area contributed by atoms with Crippen molar-refractivity contribution in [3.05, 3.63) is 0 Å². The predicted molar refractivity (Wildman–Crippen MR) is 124 cm³/mol. The van der Waals surface area contributed by atoms with Gasteiger partial charge in [0.1, 0.15) is 0 Å². The van der Waals surface area contributed by atoms with E-state index >= 15 is 0 Å². The van der Waals surface area contributed by atoms with Crippen LogP contribution in [-0.4, -0.2) is 45.8 Å². The normalized spacial score (nSPS) is 16.4. The van der Waals surface area contributed by atoms with Crippen LogP contribution in [-0.2, 0) is 18.9 Å². The molecule has 0 N–H and O–H groups in total. The number of halogens is 6. The van der Waals surface area contributed by atoms with Crippen molar-refractivity contribution in [1.82, 2.24) is 0 Å². The summed E-state index contributed by atoms with van der Waals surface area (Å²) in [5.41, 5.74) is -13.9. The summed E-state index contributed by atoms with van der Waals surface area (Å²) >= 11 is 0. The molecule has 0 fully saturated rings. The summed E-state index contributed by atoms with van der Waals surface area (Å²) in [6, 6.07) is 0. The van der Waals surface area contributed by atoms with Crippen LogP contribution in [0.4, 0.5) is 26.3 Å². The molecular formula is C20H39F6O4PS2. The summed E-state index contributed by atoms with van der Waals surface area (Å²) in [4.78, 5) is 0. The Hall–Kier alpha value is -0.0900. The molecular weight excluding hydrogens is 513 g/mol. The first kappa shape index (κ1) is 32.9. The van der Waals surface area contributed by atoms with Crippen molar-refractivity contribution in [3.8, 4) is 0 Å². The van der Waals surface area contributed by atoms with Crippen molar-refractivity contribution in [2.24, 2.45) is 0 Å². The molecule has 0 aromatic carbocycles. The van der Waals surface area contributed by atoms with Gasteiger partial charge in [-0.25, -0.2) is 0 Å². The molecule has 202 valence electrons. The van der Waals surface area contributed by atoms with E-state index in [9.17, 15) is 43.2 Å². The van der Waals surface area contributed by atoms with E-state index in [1.54, 1.807) is 0 Å². The van der Waals surface area contributed by atoms with Crippen LogP contribution >= 0.6 is 5.01 Å². The first-order chi connectivity index (χ1) is 15.0. The van der Waals surface area contributed by atoms with Gasteiger partial charge in [0, 0.05) is 0 Å². The molecule has 13 heteroatoms. The molecule has 0 spiro atoms. The van der Waals surface area contributed by atoms with E-state index in [1.807, 2.05) is 6.92 Å². The van der Waals surface area contributed by atoms with Crippen LogP contribution in [0.2, 0.25) is 0 Å². The Morgan fingerprint density at radius 2 is 0.970 bits per heavy atom. The molecule has 1 unspecified atom stereocenters. The fourth-order valence-electron chi connectivity index (χ4n) is 4.82. The number of hydrogen-bond acceptors (Lipinski definition) is 4. The molecule has 0 saturated carbocycles. The topological polar surface area (TPSA) is 68.3 Å². The molecule has 0 aromatic rings. The third-order valence-corrected chi connectivity index (χ3v) is 30.3. The number of unbranched alkanes of at least 4 members (excludes halogenated alkanes) is 5. The summed E-state index contributed by atoms with van der Waals surface area (Å²) in [5, 5.41) is -6.66. The Kier molecular flexibility index (Phi) is 12.2. The molecule has 0 aliphatic carbocycles. The molecule has 0 heterocycles. The van der Waals surface area contributed by atoms with Gasteiger partial charge < -0.3 is 0 Å². The number of alkyl halides is 6. The third-order valence-electron chi connectivity index (χ3n) is 6.53. The van der Waals surface area contributed by atoms with Gasteiger partial charge in [-0.2, -0.15) is 0 Å². The molecule has 0 aromatic heterocycles. The quantitative estimate of drug-likeness (QED) is 0.111. The molecule has 1 atom stereocenters. The van der Waals surface area contributed by atoms with E-state index in [0.29, 0.717) is 12.8 Å². The number of hydrogen-bond donors (Lipinski definition) is 0. The Labute approximate surface area is 194 Å². The zero-order valence-corrected chi connectivity index (χ0v) is 22.5. The minimum absolute atomic E-state index is 0.0689. The van der Waals surface area contributed by atoms with Crippen molar-refractivity contribution in [1.29, 1.82) is 0 Å². The second-order valence-electron chi connectivity index (χ2n) is 8.68. The average molecular weight is 553 g/mol. The molecule has 0 bridgehead atoms. The SMILES string of the molecule is CCCCCCC(CCC)P(CCCC)(CCCC)(S(=O)(=O)C(F)(F)F)S(=O)(=O)C(F)(F)F. The molecule has 33 heavy (non-hydrogen) atoms. The van der Waals surface area contributed by atoms with Gasteiger partial charge in [0.2, 0.25) is 0 Å². The van der Waals surface area contributed by atoms with E-state index < -0.39 is 52.9 Å². The van der Waals surface area contributed by atoms with Crippen molar-refractivity contribution < 1.29 is 43.2 Å². The third kappa shape index (κ3) is 5.68. The molecule has 4 nitrogen and oxygen atoms in total. The standard InChI is InChI=1S/C20H39F6O4PS2/c1-5-9-12-13-15-18(14-8-4)31(16-10-6-2,17-11-7-3,32(27,28)19(21,22)23)33(29,30)20(24,25)26/h18H,5-17H2,1-4H3. The van der Waals surface area contributed by atoms with Gasteiger partial charge in [-0.3, -0.25) is 0 Å². The van der Waals surface area contributed by atoms with E-state index in [2.05, 4.69) is 0 Å². The van der Waals surface area contributed by atoms with Gasteiger partial charge in [0.05, 0.1) is 0 Å². The van der Waals surface area contributed by atoms with Gasteiger partial charge in [0.15, 0.2) is 0 Å². The van der Waals surface area contributed by atoms with Gasteiger partial charge in [0.25, 0.3) is 0 Å². The first-order valence-electron chi connectivity index (χ1n) is 11.6. The van der Waals surface area contributed by atoms with Crippen LogP contribution in [0.1, 0.15) is 98.3 Å². The number of rotatable bonds is 16. The molecule has 0 saturated heterocycles. The Balaban J connectivity index is 7.83. The van der Waals surface area contributed by atoms with Crippen LogP contribution in [0.3, 0.4) is 0 Å². The second kappa shape index (κ2) is 12.2. The van der Waals surface area contributed by atoms with Crippen LogP contribution in [0.15, 0.2) is 0 Å². The van der Waals surface area contributed by atoms with Crippen LogP contribution in [0.25, 0.3) is 0 Å². The summed E-state index contributed by atoms with van der Waals surface area (Å²) in [7, 11) is -13.4. The van der Waals surface area contributed by atoms with E-state index in [1.165, 1.54) is 20.8 Å². The fourth-order valence-corrected chi connectivity index (χ4v) is 28.0. The summed E-state index contributed by atoms with van der Waals surface area (Å²) < 4.78 is 139. The Morgan fingerprint density at radius 3 is 1.27 bits per heavy atom. The molecule has 0 aliphatic heterocycles. The second-order valence-corrected chi connectivity index (χ2v) is 24.9. The monoisotopic (exact) mass is 552 g/mol. The summed E-state index contributed by atoms with van der Waals surface area (Å²) in [5.74, 6) is 0. The van der Waals surface area contributed by atoms with Crippen LogP contribution in [0.5, 0.6) is 0 Å². The van der Waals surface area contributed by atoms with E-state index in [-0.39, 0.29) is 51.4 Å². The molecule has 0 amide bonds. The average Bonchev–Trinajstić information content (AvgIpc) is 2.69. The van der Waals surface area contributed by atoms with Gasteiger partial charge in [-0.15, -0.1) is 0 Å². The first-order valence-corrected chi connectivity index (χ1v) is 18.5. The Morgan fingerprint density at radius 1 is 0.576 bits per heavy atom. The van der Waals surface area contributed by atoms with Gasteiger partial charge in [-0.1, -0.05) is 0 Å². The zero-order chi connectivity index (χ0) is 26.2. The fraction of sp³-hybridized carbons (Fsp3) is 1.00. The van der Waals surface area contributed by atoms with Crippen molar-refractivity contribution >= 4 is 23.9 Å².